The highest BCUT2D eigenvalue weighted by Crippen LogP contribution is 2.30. The molecule has 5 nitrogen and oxygen atoms in total. The Balaban J connectivity index is 2.15. The number of methoxy groups -OCH3 is 1. The maximum atomic E-state index is 13.7. The first-order chi connectivity index (χ1) is 10.3. The summed E-state index contributed by atoms with van der Waals surface area (Å²) in [5.41, 5.74) is 0. The number of rotatable bonds is 5. The van der Waals surface area contributed by atoms with E-state index in [-0.39, 0.29) is 17.1 Å². The van der Waals surface area contributed by atoms with Crippen LogP contribution >= 0.6 is 0 Å². The van der Waals surface area contributed by atoms with Gasteiger partial charge in [0, 0.05) is 18.5 Å². The highest BCUT2D eigenvalue weighted by molar-refractivity contribution is 7.89. The summed E-state index contributed by atoms with van der Waals surface area (Å²) in [4.78, 5) is -0.284. The van der Waals surface area contributed by atoms with Gasteiger partial charge in [-0.15, -0.1) is 0 Å². The van der Waals surface area contributed by atoms with E-state index in [1.807, 2.05) is 0 Å². The van der Waals surface area contributed by atoms with Crippen molar-refractivity contribution in [1.82, 2.24) is 10.0 Å². The number of sulfonamides is 1. The molecule has 0 aliphatic carbocycles. The van der Waals surface area contributed by atoms with Crippen molar-refractivity contribution in [3.63, 3.8) is 0 Å². The summed E-state index contributed by atoms with van der Waals surface area (Å²) in [6.07, 6.45) is 0.163. The zero-order chi connectivity index (χ0) is 16.4. The van der Waals surface area contributed by atoms with Crippen molar-refractivity contribution < 1.29 is 26.3 Å². The van der Waals surface area contributed by atoms with Gasteiger partial charge in [0.1, 0.15) is 16.5 Å². The molecule has 1 aromatic carbocycles. The van der Waals surface area contributed by atoms with Crippen LogP contribution in [0.2, 0.25) is 0 Å². The van der Waals surface area contributed by atoms with Gasteiger partial charge in [-0.25, -0.2) is 26.3 Å². The second-order valence-electron chi connectivity index (χ2n) is 5.07. The average molecular weight is 338 g/mol. The third kappa shape index (κ3) is 3.71. The molecule has 0 amide bonds. The summed E-state index contributed by atoms with van der Waals surface area (Å²) in [6.45, 7) is -0.460. The van der Waals surface area contributed by atoms with E-state index >= 15 is 0 Å². The third-order valence-electron chi connectivity index (χ3n) is 3.56. The van der Waals surface area contributed by atoms with Crippen molar-refractivity contribution in [2.45, 2.75) is 17.2 Å². The molecule has 1 unspecified atom stereocenters. The molecule has 1 aliphatic rings. The van der Waals surface area contributed by atoms with Crippen LogP contribution in [0.15, 0.2) is 23.1 Å². The average Bonchev–Trinajstić information content (AvgIpc) is 2.45. The summed E-state index contributed by atoms with van der Waals surface area (Å²) in [6, 6.07) is 2.93. The fourth-order valence-corrected chi connectivity index (χ4v) is 3.52. The standard InChI is InChI=1S/C13H17F3N2O3S/c1-21-11-6-10(14)2-3-12(11)22(19,20)18-7-9-4-5-17-8-13(9,15)16/h2-3,6,9,17-18H,4-5,7-8H2,1H3. The molecule has 2 rings (SSSR count). The van der Waals surface area contributed by atoms with Gasteiger partial charge in [-0.2, -0.15) is 0 Å². The van der Waals surface area contributed by atoms with Crippen LogP contribution in [0.4, 0.5) is 13.2 Å². The molecule has 124 valence electrons. The summed E-state index contributed by atoms with van der Waals surface area (Å²) in [5.74, 6) is -4.89. The van der Waals surface area contributed by atoms with Crippen LogP contribution in [-0.2, 0) is 10.0 Å². The van der Waals surface area contributed by atoms with Crippen molar-refractivity contribution in [2.24, 2.45) is 5.92 Å². The van der Waals surface area contributed by atoms with Crippen molar-refractivity contribution in [2.75, 3.05) is 26.7 Å². The Morgan fingerprint density at radius 2 is 2.18 bits per heavy atom. The van der Waals surface area contributed by atoms with Crippen LogP contribution in [0, 0.1) is 11.7 Å². The number of halogens is 3. The Hall–Kier alpha value is -1.32. The highest BCUT2D eigenvalue weighted by Gasteiger charge is 2.41. The molecule has 0 bridgehead atoms. The summed E-state index contributed by atoms with van der Waals surface area (Å²) in [7, 11) is -2.86. The van der Waals surface area contributed by atoms with E-state index in [0.29, 0.717) is 6.54 Å². The highest BCUT2D eigenvalue weighted by atomic mass is 32.2. The van der Waals surface area contributed by atoms with Gasteiger partial charge in [-0.1, -0.05) is 0 Å². The van der Waals surface area contributed by atoms with Crippen LogP contribution in [0.25, 0.3) is 0 Å². The first kappa shape index (κ1) is 17.0. The molecule has 0 spiro atoms. The minimum absolute atomic E-state index is 0.163. The minimum atomic E-state index is -4.06. The van der Waals surface area contributed by atoms with Crippen LogP contribution < -0.4 is 14.8 Å². The van der Waals surface area contributed by atoms with Gasteiger partial charge in [0.15, 0.2) is 0 Å². The van der Waals surface area contributed by atoms with E-state index in [9.17, 15) is 21.6 Å². The van der Waals surface area contributed by atoms with E-state index in [1.165, 1.54) is 7.11 Å². The minimum Gasteiger partial charge on any atom is -0.495 e. The SMILES string of the molecule is COc1cc(F)ccc1S(=O)(=O)NCC1CCNCC1(F)F. The van der Waals surface area contributed by atoms with E-state index in [2.05, 4.69) is 10.0 Å². The molecule has 0 aromatic heterocycles. The Labute approximate surface area is 126 Å². The second kappa shape index (κ2) is 6.43. The maximum Gasteiger partial charge on any atom is 0.264 e. The van der Waals surface area contributed by atoms with E-state index in [4.69, 9.17) is 4.74 Å². The van der Waals surface area contributed by atoms with Gasteiger partial charge >= 0.3 is 0 Å². The zero-order valence-electron chi connectivity index (χ0n) is 11.9. The van der Waals surface area contributed by atoms with Crippen LogP contribution in [0.3, 0.4) is 0 Å². The molecule has 1 aliphatic heterocycles. The molecule has 1 aromatic rings. The van der Waals surface area contributed by atoms with E-state index in [1.54, 1.807) is 0 Å². The molecule has 0 saturated carbocycles. The quantitative estimate of drug-likeness (QED) is 0.851. The first-order valence-corrected chi connectivity index (χ1v) is 8.16. The smallest absolute Gasteiger partial charge is 0.264 e. The topological polar surface area (TPSA) is 67.4 Å². The Kier molecular flexibility index (Phi) is 4.98. The van der Waals surface area contributed by atoms with Gasteiger partial charge in [0.05, 0.1) is 13.7 Å². The van der Waals surface area contributed by atoms with Crippen molar-refractivity contribution in [1.29, 1.82) is 0 Å². The van der Waals surface area contributed by atoms with Gasteiger partial charge < -0.3 is 10.1 Å². The maximum absolute atomic E-state index is 13.7. The largest absolute Gasteiger partial charge is 0.495 e. The van der Waals surface area contributed by atoms with Crippen LogP contribution in [0.1, 0.15) is 6.42 Å². The van der Waals surface area contributed by atoms with Gasteiger partial charge in [-0.3, -0.25) is 0 Å². The summed E-state index contributed by atoms with van der Waals surface area (Å²) in [5, 5.41) is 2.57. The number of piperidine rings is 1. The Bertz CT molecular complexity index is 637. The first-order valence-electron chi connectivity index (χ1n) is 6.68. The lowest BCUT2D eigenvalue weighted by Crippen LogP contribution is -2.50. The van der Waals surface area contributed by atoms with Gasteiger partial charge in [0.2, 0.25) is 10.0 Å². The molecule has 22 heavy (non-hydrogen) atoms. The Morgan fingerprint density at radius 1 is 1.45 bits per heavy atom. The monoisotopic (exact) mass is 338 g/mol. The molecule has 1 fully saturated rings. The third-order valence-corrected chi connectivity index (χ3v) is 5.03. The Morgan fingerprint density at radius 3 is 2.82 bits per heavy atom. The molecule has 1 heterocycles. The number of hydrogen-bond donors (Lipinski definition) is 2. The molecule has 9 heteroatoms. The normalized spacial score (nSPS) is 21.5. The van der Waals surface area contributed by atoms with Crippen LogP contribution in [-0.4, -0.2) is 41.1 Å². The lowest BCUT2D eigenvalue weighted by molar-refractivity contribution is -0.0703. The van der Waals surface area contributed by atoms with Crippen molar-refractivity contribution in [3.05, 3.63) is 24.0 Å². The van der Waals surface area contributed by atoms with E-state index in [0.717, 1.165) is 18.2 Å². The molecular weight excluding hydrogens is 321 g/mol. The number of ether oxygens (including phenoxy) is 1. The fourth-order valence-electron chi connectivity index (χ4n) is 2.29. The fraction of sp³-hybridized carbons (Fsp3) is 0.538. The van der Waals surface area contributed by atoms with Gasteiger partial charge in [0.25, 0.3) is 5.92 Å². The van der Waals surface area contributed by atoms with Crippen molar-refractivity contribution in [3.8, 4) is 5.75 Å². The molecule has 2 N–H and O–H groups in total. The summed E-state index contributed by atoms with van der Waals surface area (Å²) >= 11 is 0. The molecular formula is C13H17F3N2O3S. The van der Waals surface area contributed by atoms with E-state index < -0.39 is 40.8 Å². The van der Waals surface area contributed by atoms with Gasteiger partial charge in [-0.05, 0) is 25.1 Å². The molecule has 1 saturated heterocycles. The number of nitrogens with one attached hydrogen (secondary N) is 2. The number of alkyl halides is 2. The second-order valence-corrected chi connectivity index (χ2v) is 6.81. The zero-order valence-corrected chi connectivity index (χ0v) is 12.7. The van der Waals surface area contributed by atoms with Crippen LogP contribution in [0.5, 0.6) is 5.75 Å². The van der Waals surface area contributed by atoms with Crippen molar-refractivity contribution >= 4 is 10.0 Å². The predicted octanol–water partition coefficient (Wildman–Crippen LogP) is 1.36. The summed E-state index contributed by atoms with van der Waals surface area (Å²) < 4.78 is 71.8. The lowest BCUT2D eigenvalue weighted by atomic mass is 9.94. The molecule has 0 radical (unpaired) electrons. The predicted molar refractivity (Wildman–Crippen MR) is 74.1 cm³/mol. The molecule has 1 atom stereocenters. The number of hydrogen-bond acceptors (Lipinski definition) is 4. The number of benzene rings is 1. The lowest BCUT2D eigenvalue weighted by Gasteiger charge is -2.31.